The number of nitrogens with one attached hydrogen (secondary N) is 3. The minimum absolute atomic E-state index is 0.0994. The molecule has 98 valence electrons. The molecule has 0 saturated heterocycles. The van der Waals surface area contributed by atoms with E-state index in [1.165, 1.54) is 12.8 Å². The molecule has 1 aliphatic rings. The molecule has 0 bridgehead atoms. The number of aromatic nitrogens is 2. The van der Waals surface area contributed by atoms with E-state index in [0.717, 1.165) is 11.4 Å². The van der Waals surface area contributed by atoms with Crippen molar-refractivity contribution in [1.29, 1.82) is 0 Å². The second-order valence-electron chi connectivity index (χ2n) is 4.75. The summed E-state index contributed by atoms with van der Waals surface area (Å²) >= 11 is 0. The number of para-hydroxylation sites is 1. The number of aromatic amines is 1. The third kappa shape index (κ3) is 3.13. The molecule has 5 heteroatoms. The van der Waals surface area contributed by atoms with Crippen LogP contribution in [0.4, 0.5) is 11.5 Å². The first-order chi connectivity index (χ1) is 9.31. The third-order valence-electron chi connectivity index (χ3n) is 3.11. The van der Waals surface area contributed by atoms with Crippen LogP contribution in [-0.4, -0.2) is 22.6 Å². The Morgan fingerprint density at radius 2 is 2.11 bits per heavy atom. The number of H-pyrrole nitrogens is 1. The fourth-order valence-electron chi connectivity index (χ4n) is 1.93. The molecular weight excluding hydrogens is 240 g/mol. The fraction of sp³-hybridized carbons (Fsp3) is 0.286. The molecule has 0 unspecified atom stereocenters. The summed E-state index contributed by atoms with van der Waals surface area (Å²) in [7, 11) is 0. The number of carbonyl (C=O) groups excluding carboxylic acids is 1. The molecule has 2 aromatic rings. The van der Waals surface area contributed by atoms with Gasteiger partial charge in [-0.05, 0) is 25.0 Å². The van der Waals surface area contributed by atoms with Crippen molar-refractivity contribution in [3.05, 3.63) is 42.1 Å². The van der Waals surface area contributed by atoms with Gasteiger partial charge in [-0.15, -0.1) is 0 Å². The lowest BCUT2D eigenvalue weighted by molar-refractivity contribution is -0.114. The van der Waals surface area contributed by atoms with Crippen molar-refractivity contribution < 1.29 is 4.79 Å². The van der Waals surface area contributed by atoms with E-state index < -0.39 is 0 Å². The maximum Gasteiger partial charge on any atom is 0.244 e. The van der Waals surface area contributed by atoms with Crippen LogP contribution in [0.1, 0.15) is 24.5 Å². The highest BCUT2D eigenvalue weighted by Crippen LogP contribution is 2.39. The molecule has 3 N–H and O–H groups in total. The number of hydrogen-bond donors (Lipinski definition) is 3. The highest BCUT2D eigenvalue weighted by molar-refractivity contribution is 5.92. The molecule has 1 heterocycles. The molecule has 0 radical (unpaired) electrons. The van der Waals surface area contributed by atoms with Gasteiger partial charge in [0.2, 0.25) is 5.91 Å². The molecule has 1 amide bonds. The van der Waals surface area contributed by atoms with Crippen LogP contribution in [0.15, 0.2) is 36.4 Å². The van der Waals surface area contributed by atoms with Crippen LogP contribution in [0.25, 0.3) is 0 Å². The summed E-state index contributed by atoms with van der Waals surface area (Å²) in [6, 6.07) is 11.6. The largest absolute Gasteiger partial charge is 0.376 e. The van der Waals surface area contributed by atoms with Gasteiger partial charge >= 0.3 is 0 Å². The maximum absolute atomic E-state index is 11.8. The molecule has 0 spiro atoms. The molecule has 19 heavy (non-hydrogen) atoms. The quantitative estimate of drug-likeness (QED) is 0.769. The average molecular weight is 256 g/mol. The Kier molecular flexibility index (Phi) is 3.18. The zero-order valence-electron chi connectivity index (χ0n) is 10.5. The Balaban J connectivity index is 1.50. The summed E-state index contributed by atoms with van der Waals surface area (Å²) in [6.45, 7) is 0.232. The molecule has 1 saturated carbocycles. The standard InChI is InChI=1S/C14H16N4O/c19-14(9-15-11-4-2-1-3-5-11)16-13-8-12(17-18-13)10-6-7-10/h1-5,8,10,15H,6-7,9H2,(H2,16,17,18,19). The summed E-state index contributed by atoms with van der Waals surface area (Å²) in [4.78, 5) is 11.8. The van der Waals surface area contributed by atoms with E-state index in [9.17, 15) is 4.79 Å². The Morgan fingerprint density at radius 1 is 1.32 bits per heavy atom. The van der Waals surface area contributed by atoms with Gasteiger partial charge in [0.1, 0.15) is 0 Å². The van der Waals surface area contributed by atoms with Crippen LogP contribution in [-0.2, 0) is 4.79 Å². The summed E-state index contributed by atoms with van der Waals surface area (Å²) < 4.78 is 0. The Bertz CT molecular complexity index is 560. The van der Waals surface area contributed by atoms with Gasteiger partial charge in [-0.3, -0.25) is 9.89 Å². The van der Waals surface area contributed by atoms with E-state index in [0.29, 0.717) is 11.7 Å². The highest BCUT2D eigenvalue weighted by Gasteiger charge is 2.25. The van der Waals surface area contributed by atoms with Crippen molar-refractivity contribution in [2.45, 2.75) is 18.8 Å². The summed E-state index contributed by atoms with van der Waals surface area (Å²) in [5.74, 6) is 1.11. The Labute approximate surface area is 111 Å². The second-order valence-corrected chi connectivity index (χ2v) is 4.75. The number of carbonyl (C=O) groups is 1. The zero-order valence-corrected chi connectivity index (χ0v) is 10.5. The smallest absolute Gasteiger partial charge is 0.244 e. The summed E-state index contributed by atoms with van der Waals surface area (Å²) in [5.41, 5.74) is 2.05. The van der Waals surface area contributed by atoms with E-state index in [2.05, 4.69) is 20.8 Å². The van der Waals surface area contributed by atoms with Crippen molar-refractivity contribution in [3.8, 4) is 0 Å². The first-order valence-corrected chi connectivity index (χ1v) is 6.45. The lowest BCUT2D eigenvalue weighted by Gasteiger charge is -2.05. The monoisotopic (exact) mass is 256 g/mol. The molecule has 0 aliphatic heterocycles. The molecular formula is C14H16N4O. The lowest BCUT2D eigenvalue weighted by atomic mass is 10.3. The first-order valence-electron chi connectivity index (χ1n) is 6.45. The van der Waals surface area contributed by atoms with Crippen LogP contribution in [0, 0.1) is 0 Å². The SMILES string of the molecule is O=C(CNc1ccccc1)Nc1cc(C2CC2)[nH]n1. The van der Waals surface area contributed by atoms with E-state index in [1.54, 1.807) is 0 Å². The first kappa shape index (κ1) is 11.8. The van der Waals surface area contributed by atoms with Crippen molar-refractivity contribution in [2.24, 2.45) is 0 Å². The summed E-state index contributed by atoms with van der Waals surface area (Å²) in [6.07, 6.45) is 2.43. The number of anilines is 2. The van der Waals surface area contributed by atoms with Crippen molar-refractivity contribution in [2.75, 3.05) is 17.2 Å². The number of benzene rings is 1. The number of hydrogen-bond acceptors (Lipinski definition) is 3. The average Bonchev–Trinajstić information content (AvgIpc) is 3.19. The van der Waals surface area contributed by atoms with Gasteiger partial charge in [-0.25, -0.2) is 0 Å². The molecule has 1 aliphatic carbocycles. The van der Waals surface area contributed by atoms with Gasteiger partial charge in [-0.2, -0.15) is 5.10 Å². The summed E-state index contributed by atoms with van der Waals surface area (Å²) in [5, 5.41) is 12.9. The normalized spacial score (nSPS) is 14.1. The van der Waals surface area contributed by atoms with Crippen LogP contribution in [0.3, 0.4) is 0 Å². The molecule has 0 atom stereocenters. The van der Waals surface area contributed by atoms with Crippen LogP contribution in [0.5, 0.6) is 0 Å². The fourth-order valence-corrected chi connectivity index (χ4v) is 1.93. The topological polar surface area (TPSA) is 69.8 Å². The van der Waals surface area contributed by atoms with Crippen molar-refractivity contribution in [1.82, 2.24) is 10.2 Å². The predicted octanol–water partition coefficient (Wildman–Crippen LogP) is 2.34. The molecule has 1 aromatic heterocycles. The van der Waals surface area contributed by atoms with Gasteiger partial charge < -0.3 is 10.6 Å². The number of nitrogens with zero attached hydrogens (tertiary/aromatic N) is 1. The molecule has 3 rings (SSSR count). The van der Waals surface area contributed by atoms with E-state index >= 15 is 0 Å². The van der Waals surface area contributed by atoms with Gasteiger partial charge in [0, 0.05) is 23.4 Å². The van der Waals surface area contributed by atoms with Crippen LogP contribution >= 0.6 is 0 Å². The number of amides is 1. The van der Waals surface area contributed by atoms with E-state index in [4.69, 9.17) is 0 Å². The second kappa shape index (κ2) is 5.14. The predicted molar refractivity (Wildman–Crippen MR) is 74.1 cm³/mol. The Morgan fingerprint density at radius 3 is 2.84 bits per heavy atom. The van der Waals surface area contributed by atoms with Gasteiger partial charge in [-0.1, -0.05) is 18.2 Å². The maximum atomic E-state index is 11.8. The third-order valence-corrected chi connectivity index (χ3v) is 3.11. The molecule has 5 nitrogen and oxygen atoms in total. The number of rotatable bonds is 5. The Hall–Kier alpha value is -2.30. The van der Waals surface area contributed by atoms with Gasteiger partial charge in [0.15, 0.2) is 5.82 Å². The van der Waals surface area contributed by atoms with E-state index in [-0.39, 0.29) is 12.5 Å². The van der Waals surface area contributed by atoms with Crippen LogP contribution < -0.4 is 10.6 Å². The van der Waals surface area contributed by atoms with E-state index in [1.807, 2.05) is 36.4 Å². The minimum Gasteiger partial charge on any atom is -0.376 e. The van der Waals surface area contributed by atoms with Crippen molar-refractivity contribution >= 4 is 17.4 Å². The molecule has 1 fully saturated rings. The molecule has 1 aromatic carbocycles. The van der Waals surface area contributed by atoms with Crippen LogP contribution in [0.2, 0.25) is 0 Å². The minimum atomic E-state index is -0.0994. The zero-order chi connectivity index (χ0) is 13.1. The van der Waals surface area contributed by atoms with Gasteiger partial charge in [0.05, 0.1) is 6.54 Å². The highest BCUT2D eigenvalue weighted by atomic mass is 16.2. The van der Waals surface area contributed by atoms with Gasteiger partial charge in [0.25, 0.3) is 0 Å². The lowest BCUT2D eigenvalue weighted by Crippen LogP contribution is -2.21. The van der Waals surface area contributed by atoms with Crippen molar-refractivity contribution in [3.63, 3.8) is 0 Å².